The molecule has 0 aliphatic heterocycles. The van der Waals surface area contributed by atoms with E-state index in [0.29, 0.717) is 50.4 Å². The first-order valence-corrected chi connectivity index (χ1v) is 7.27. The zero-order valence-electron chi connectivity index (χ0n) is 12.3. The predicted molar refractivity (Wildman–Crippen MR) is 81.4 cm³/mol. The van der Waals surface area contributed by atoms with Crippen LogP contribution in [0.25, 0.3) is 0 Å². The molecule has 21 heavy (non-hydrogen) atoms. The van der Waals surface area contributed by atoms with Gasteiger partial charge in [-0.05, 0) is 19.9 Å². The van der Waals surface area contributed by atoms with Crippen LogP contribution in [0, 0.1) is 0 Å². The number of rotatable bonds is 10. The lowest BCUT2D eigenvalue weighted by molar-refractivity contribution is 0.0696. The second-order valence-electron chi connectivity index (χ2n) is 4.22. The number of hydrogen-bond donors (Lipinski definition) is 1. The van der Waals surface area contributed by atoms with Gasteiger partial charge in [-0.3, -0.25) is 0 Å². The fraction of sp³-hybridized carbons (Fsp3) is 0.571. The summed E-state index contributed by atoms with van der Waals surface area (Å²) in [6.07, 6.45) is 1.30. The Kier molecular flexibility index (Phi) is 8.04. The first-order chi connectivity index (χ1) is 10.1. The average Bonchev–Trinajstić information content (AvgIpc) is 2.46. The zero-order valence-corrected chi connectivity index (χ0v) is 13.1. The van der Waals surface area contributed by atoms with Crippen LogP contribution in [0.2, 0.25) is 5.02 Å². The number of carbonyl (C=O) groups is 1. The molecule has 0 radical (unpaired) electrons. The van der Waals surface area contributed by atoms with Gasteiger partial charge < -0.3 is 19.5 Å². The molecule has 0 bridgehead atoms. The van der Waals surface area contributed by atoms with Crippen molar-refractivity contribution in [1.82, 2.24) is 4.98 Å². The lowest BCUT2D eigenvalue weighted by Crippen LogP contribution is -2.32. The van der Waals surface area contributed by atoms with Crippen LogP contribution >= 0.6 is 11.6 Å². The van der Waals surface area contributed by atoms with Gasteiger partial charge in [0.05, 0.1) is 23.8 Å². The smallest absolute Gasteiger partial charge is 0.337 e. The number of carboxylic acid groups (broad SMARTS) is 1. The summed E-state index contributed by atoms with van der Waals surface area (Å²) in [5.74, 6) is -0.507. The van der Waals surface area contributed by atoms with Gasteiger partial charge in [-0.2, -0.15) is 0 Å². The Bertz CT molecular complexity index is 447. The molecule has 1 aromatic heterocycles. The third-order valence-electron chi connectivity index (χ3n) is 2.79. The summed E-state index contributed by atoms with van der Waals surface area (Å²) < 4.78 is 10.7. The molecule has 1 N–H and O–H groups in total. The molecule has 0 saturated carbocycles. The Labute approximate surface area is 129 Å². The second kappa shape index (κ2) is 9.55. The van der Waals surface area contributed by atoms with E-state index in [2.05, 4.69) is 4.98 Å². The van der Waals surface area contributed by atoms with E-state index < -0.39 is 5.97 Å². The summed E-state index contributed by atoms with van der Waals surface area (Å²) in [5.41, 5.74) is 0.0679. The van der Waals surface area contributed by atoms with Crippen LogP contribution in [-0.4, -0.2) is 55.6 Å². The maximum Gasteiger partial charge on any atom is 0.337 e. The van der Waals surface area contributed by atoms with Gasteiger partial charge in [-0.15, -0.1) is 0 Å². The highest BCUT2D eigenvalue weighted by Crippen LogP contribution is 2.24. The number of ether oxygens (including phenoxy) is 2. The van der Waals surface area contributed by atoms with E-state index in [4.69, 9.17) is 26.2 Å². The number of aromatic carboxylic acids is 1. The highest BCUT2D eigenvalue weighted by Gasteiger charge is 2.14. The quantitative estimate of drug-likeness (QED) is 0.668. The summed E-state index contributed by atoms with van der Waals surface area (Å²) in [5, 5.41) is 9.24. The third kappa shape index (κ3) is 5.87. The molecule has 1 rings (SSSR count). The van der Waals surface area contributed by atoms with Crippen molar-refractivity contribution in [2.45, 2.75) is 13.8 Å². The molecule has 0 amide bonds. The van der Waals surface area contributed by atoms with Crippen LogP contribution in [0.1, 0.15) is 24.2 Å². The van der Waals surface area contributed by atoms with Crippen LogP contribution < -0.4 is 4.90 Å². The van der Waals surface area contributed by atoms with E-state index in [1.165, 1.54) is 12.3 Å². The van der Waals surface area contributed by atoms with Gasteiger partial charge in [0.15, 0.2) is 0 Å². The van der Waals surface area contributed by atoms with E-state index in [9.17, 15) is 4.79 Å². The van der Waals surface area contributed by atoms with Gasteiger partial charge in [0.1, 0.15) is 5.82 Å². The number of carboxylic acids is 1. The van der Waals surface area contributed by atoms with Gasteiger partial charge >= 0.3 is 5.97 Å². The number of nitrogens with zero attached hydrogens (tertiary/aromatic N) is 2. The highest BCUT2D eigenvalue weighted by molar-refractivity contribution is 6.33. The fourth-order valence-electron chi connectivity index (χ4n) is 1.74. The molecule has 0 spiro atoms. The van der Waals surface area contributed by atoms with E-state index in [-0.39, 0.29) is 5.56 Å². The molecular formula is C14H21ClN2O4. The Morgan fingerprint density at radius 3 is 2.29 bits per heavy atom. The first kappa shape index (κ1) is 17.7. The van der Waals surface area contributed by atoms with Crippen LogP contribution in [0.3, 0.4) is 0 Å². The number of pyridine rings is 1. The molecule has 0 fully saturated rings. The molecule has 0 atom stereocenters. The van der Waals surface area contributed by atoms with Gasteiger partial charge in [-0.1, -0.05) is 11.6 Å². The molecule has 0 saturated heterocycles. The summed E-state index contributed by atoms with van der Waals surface area (Å²) in [7, 11) is 0. The normalized spacial score (nSPS) is 10.6. The first-order valence-electron chi connectivity index (χ1n) is 6.89. The number of anilines is 1. The number of halogens is 1. The molecule has 0 aliphatic carbocycles. The van der Waals surface area contributed by atoms with Crippen molar-refractivity contribution in [3.8, 4) is 0 Å². The minimum Gasteiger partial charge on any atom is -0.478 e. The number of hydrogen-bond acceptors (Lipinski definition) is 5. The molecule has 0 aliphatic rings. The maximum absolute atomic E-state index is 10.9. The molecule has 1 aromatic rings. The topological polar surface area (TPSA) is 71.9 Å². The lowest BCUT2D eigenvalue weighted by Gasteiger charge is -2.24. The molecule has 0 unspecified atom stereocenters. The summed E-state index contributed by atoms with van der Waals surface area (Å²) in [4.78, 5) is 17.0. The SMILES string of the molecule is CCOCCN(CCOCC)c1ncc(C(=O)O)cc1Cl. The standard InChI is InChI=1S/C14H21ClN2O4/c1-3-20-7-5-17(6-8-21-4-2)13-12(15)9-11(10-16-13)14(18)19/h9-10H,3-8H2,1-2H3,(H,18,19). The fourth-order valence-corrected chi connectivity index (χ4v) is 2.03. The molecule has 0 aromatic carbocycles. The van der Waals surface area contributed by atoms with Crippen molar-refractivity contribution < 1.29 is 19.4 Å². The van der Waals surface area contributed by atoms with Crippen molar-refractivity contribution in [2.75, 3.05) is 44.4 Å². The third-order valence-corrected chi connectivity index (χ3v) is 3.07. The molecule has 118 valence electrons. The van der Waals surface area contributed by atoms with Crippen molar-refractivity contribution in [1.29, 1.82) is 0 Å². The minimum atomic E-state index is -1.05. The van der Waals surface area contributed by atoms with Crippen LogP contribution in [0.5, 0.6) is 0 Å². The summed E-state index contributed by atoms with van der Waals surface area (Å²) in [6.45, 7) is 7.44. The molecule has 6 nitrogen and oxygen atoms in total. The second-order valence-corrected chi connectivity index (χ2v) is 4.62. The Hall–Kier alpha value is -1.37. The van der Waals surface area contributed by atoms with Crippen molar-refractivity contribution in [2.24, 2.45) is 0 Å². The van der Waals surface area contributed by atoms with Gasteiger partial charge in [-0.25, -0.2) is 9.78 Å². The van der Waals surface area contributed by atoms with Crippen LogP contribution in [-0.2, 0) is 9.47 Å². The molecular weight excluding hydrogens is 296 g/mol. The van der Waals surface area contributed by atoms with Crippen LogP contribution in [0.15, 0.2) is 12.3 Å². The maximum atomic E-state index is 10.9. The van der Waals surface area contributed by atoms with Gasteiger partial charge in [0.25, 0.3) is 0 Å². The molecule has 1 heterocycles. The van der Waals surface area contributed by atoms with Crippen molar-refractivity contribution in [3.63, 3.8) is 0 Å². The zero-order chi connectivity index (χ0) is 15.7. The Morgan fingerprint density at radius 2 is 1.86 bits per heavy atom. The van der Waals surface area contributed by atoms with E-state index in [0.717, 1.165) is 0 Å². The minimum absolute atomic E-state index is 0.0679. The van der Waals surface area contributed by atoms with E-state index in [1.54, 1.807) is 0 Å². The Balaban J connectivity index is 2.82. The Morgan fingerprint density at radius 1 is 1.29 bits per heavy atom. The summed E-state index contributed by atoms with van der Waals surface area (Å²) >= 11 is 6.14. The van der Waals surface area contributed by atoms with Crippen molar-refractivity contribution in [3.05, 3.63) is 22.8 Å². The predicted octanol–water partition coefficient (Wildman–Crippen LogP) is 2.31. The monoisotopic (exact) mass is 316 g/mol. The largest absolute Gasteiger partial charge is 0.478 e. The molecule has 7 heteroatoms. The lowest BCUT2D eigenvalue weighted by atomic mass is 10.3. The number of aromatic nitrogens is 1. The van der Waals surface area contributed by atoms with E-state index in [1.807, 2.05) is 18.7 Å². The van der Waals surface area contributed by atoms with Gasteiger partial charge in [0, 0.05) is 32.5 Å². The summed E-state index contributed by atoms with van der Waals surface area (Å²) in [6, 6.07) is 1.40. The average molecular weight is 317 g/mol. The van der Waals surface area contributed by atoms with E-state index >= 15 is 0 Å². The van der Waals surface area contributed by atoms with Crippen LogP contribution in [0.4, 0.5) is 5.82 Å². The highest BCUT2D eigenvalue weighted by atomic mass is 35.5. The van der Waals surface area contributed by atoms with Crippen molar-refractivity contribution >= 4 is 23.4 Å². The van der Waals surface area contributed by atoms with Gasteiger partial charge in [0.2, 0.25) is 0 Å².